The van der Waals surface area contributed by atoms with E-state index in [1.54, 1.807) is 6.07 Å². The van der Waals surface area contributed by atoms with Crippen molar-refractivity contribution in [3.8, 4) is 0 Å². The molecule has 1 aromatic heterocycles. The Hall–Kier alpha value is -1.38. The zero-order valence-corrected chi connectivity index (χ0v) is 11.6. The molecule has 18 heavy (non-hydrogen) atoms. The maximum Gasteiger partial charge on any atom is 0.247 e. The van der Waals surface area contributed by atoms with Gasteiger partial charge in [0.2, 0.25) is 10.0 Å². The van der Waals surface area contributed by atoms with Crippen molar-refractivity contribution < 1.29 is 8.42 Å². The summed E-state index contributed by atoms with van der Waals surface area (Å²) in [7, 11) is -3.63. The van der Waals surface area contributed by atoms with Crippen LogP contribution in [0.15, 0.2) is 33.5 Å². The first-order valence-electron chi connectivity index (χ1n) is 5.08. The van der Waals surface area contributed by atoms with E-state index in [1.165, 1.54) is 6.07 Å². The van der Waals surface area contributed by atoms with E-state index in [9.17, 15) is 8.42 Å². The minimum absolute atomic E-state index is 0.126. The van der Waals surface area contributed by atoms with Gasteiger partial charge in [-0.2, -0.15) is 0 Å². The predicted octanol–water partition coefficient (Wildman–Crippen LogP) is 0.376. The Labute approximate surface area is 110 Å². The van der Waals surface area contributed by atoms with Crippen LogP contribution in [0.2, 0.25) is 0 Å². The number of nitrogens with one attached hydrogen (secondary N) is 1. The molecule has 0 spiro atoms. The van der Waals surface area contributed by atoms with Crippen LogP contribution >= 0.6 is 11.3 Å². The largest absolute Gasteiger partial charge is 0.370 e. The van der Waals surface area contributed by atoms with Crippen molar-refractivity contribution in [2.45, 2.75) is 17.7 Å². The van der Waals surface area contributed by atoms with E-state index in [0.29, 0.717) is 19.0 Å². The standard InChI is InChI=1S/C10H16N4O2S2/c1-7(2)5-13-10(11)14-6-8-3-4-9(17-8)18(12,15)16/h3-4H,1,5-6H2,2H3,(H3,11,13,14)(H2,12,15,16). The van der Waals surface area contributed by atoms with Crippen LogP contribution in [0.5, 0.6) is 0 Å². The zero-order chi connectivity index (χ0) is 13.8. The molecule has 0 amide bonds. The maximum absolute atomic E-state index is 11.1. The number of nitrogens with zero attached hydrogens (tertiary/aromatic N) is 1. The molecule has 100 valence electrons. The summed E-state index contributed by atoms with van der Waals surface area (Å²) in [5.41, 5.74) is 6.57. The van der Waals surface area contributed by atoms with Crippen LogP contribution in [0.4, 0.5) is 0 Å². The lowest BCUT2D eigenvalue weighted by molar-refractivity contribution is 0.600. The molecule has 0 radical (unpaired) electrons. The number of aliphatic imine (C=N–C) groups is 1. The summed E-state index contributed by atoms with van der Waals surface area (Å²) < 4.78 is 22.3. The molecule has 0 unspecified atom stereocenters. The third kappa shape index (κ3) is 4.86. The van der Waals surface area contributed by atoms with Gasteiger partial charge in [0.1, 0.15) is 4.21 Å². The Morgan fingerprint density at radius 1 is 1.56 bits per heavy atom. The minimum Gasteiger partial charge on any atom is -0.370 e. The van der Waals surface area contributed by atoms with E-state index >= 15 is 0 Å². The lowest BCUT2D eigenvalue weighted by Gasteiger charge is -2.03. The third-order valence-corrected chi connectivity index (χ3v) is 4.40. The van der Waals surface area contributed by atoms with Crippen LogP contribution < -0.4 is 16.2 Å². The molecule has 0 aliphatic rings. The first kappa shape index (κ1) is 14.7. The molecule has 0 aliphatic heterocycles. The van der Waals surface area contributed by atoms with Gasteiger partial charge in [0.25, 0.3) is 0 Å². The summed E-state index contributed by atoms with van der Waals surface area (Å²) in [4.78, 5) is 4.86. The normalized spacial score (nSPS) is 12.4. The van der Waals surface area contributed by atoms with E-state index in [-0.39, 0.29) is 4.21 Å². The molecule has 5 N–H and O–H groups in total. The van der Waals surface area contributed by atoms with Crippen molar-refractivity contribution in [1.82, 2.24) is 5.32 Å². The van der Waals surface area contributed by atoms with Gasteiger partial charge in [-0.1, -0.05) is 12.2 Å². The Morgan fingerprint density at radius 2 is 2.22 bits per heavy atom. The average Bonchev–Trinajstić information content (AvgIpc) is 2.71. The monoisotopic (exact) mass is 288 g/mol. The van der Waals surface area contributed by atoms with Gasteiger partial charge >= 0.3 is 0 Å². The van der Waals surface area contributed by atoms with Crippen LogP contribution in [0, 0.1) is 0 Å². The highest BCUT2D eigenvalue weighted by molar-refractivity contribution is 7.91. The first-order chi connectivity index (χ1) is 8.29. The second-order valence-electron chi connectivity index (χ2n) is 3.78. The predicted molar refractivity (Wildman–Crippen MR) is 73.8 cm³/mol. The van der Waals surface area contributed by atoms with E-state index in [1.807, 2.05) is 6.92 Å². The molecule has 0 bridgehead atoms. The van der Waals surface area contributed by atoms with E-state index in [0.717, 1.165) is 21.8 Å². The van der Waals surface area contributed by atoms with Gasteiger partial charge in [-0.05, 0) is 19.1 Å². The lowest BCUT2D eigenvalue weighted by Crippen LogP contribution is -2.32. The quantitative estimate of drug-likeness (QED) is 0.413. The molecule has 0 aliphatic carbocycles. The Bertz CT molecular complexity index is 560. The van der Waals surface area contributed by atoms with Gasteiger partial charge in [0.05, 0.1) is 6.54 Å². The van der Waals surface area contributed by atoms with Gasteiger partial charge in [0, 0.05) is 11.4 Å². The SMILES string of the molecule is C=C(C)CNC(N)=NCc1ccc(S(N)(=O)=O)s1. The number of hydrogen-bond donors (Lipinski definition) is 3. The fraction of sp³-hybridized carbons (Fsp3) is 0.300. The van der Waals surface area contributed by atoms with Crippen molar-refractivity contribution in [3.63, 3.8) is 0 Å². The molecule has 8 heteroatoms. The molecular formula is C10H16N4O2S2. The highest BCUT2D eigenvalue weighted by atomic mass is 32.2. The fourth-order valence-electron chi connectivity index (χ4n) is 1.06. The highest BCUT2D eigenvalue weighted by Crippen LogP contribution is 2.20. The zero-order valence-electron chi connectivity index (χ0n) is 10.0. The summed E-state index contributed by atoms with van der Waals surface area (Å²) >= 11 is 1.09. The van der Waals surface area contributed by atoms with Crippen molar-refractivity contribution in [1.29, 1.82) is 0 Å². The van der Waals surface area contributed by atoms with Gasteiger partial charge in [-0.15, -0.1) is 11.3 Å². The van der Waals surface area contributed by atoms with Crippen molar-refractivity contribution in [3.05, 3.63) is 29.2 Å². The summed E-state index contributed by atoms with van der Waals surface area (Å²) in [5.74, 6) is 0.295. The van der Waals surface area contributed by atoms with Gasteiger partial charge < -0.3 is 11.1 Å². The first-order valence-corrected chi connectivity index (χ1v) is 7.45. The van der Waals surface area contributed by atoms with Crippen molar-refractivity contribution >= 4 is 27.3 Å². The van der Waals surface area contributed by atoms with Crippen LogP contribution in [-0.4, -0.2) is 20.9 Å². The molecule has 1 rings (SSSR count). The molecule has 6 nitrogen and oxygen atoms in total. The molecule has 0 atom stereocenters. The Balaban J connectivity index is 2.61. The Kier molecular flexibility index (Phi) is 4.88. The number of guanidine groups is 1. The lowest BCUT2D eigenvalue weighted by atomic mass is 10.3. The molecule has 0 saturated heterocycles. The second-order valence-corrected chi connectivity index (χ2v) is 6.73. The summed E-state index contributed by atoms with van der Waals surface area (Å²) in [6.07, 6.45) is 0. The number of thiophene rings is 1. The topological polar surface area (TPSA) is 111 Å². The van der Waals surface area contributed by atoms with Gasteiger partial charge in [0.15, 0.2) is 5.96 Å². The number of rotatable bonds is 5. The number of hydrogen-bond acceptors (Lipinski definition) is 4. The second kappa shape index (κ2) is 5.98. The number of primary sulfonamides is 1. The van der Waals surface area contributed by atoms with Gasteiger partial charge in [-0.3, -0.25) is 0 Å². The van der Waals surface area contributed by atoms with Crippen LogP contribution in [0.3, 0.4) is 0 Å². The number of nitrogens with two attached hydrogens (primary N) is 2. The minimum atomic E-state index is -3.63. The number of sulfonamides is 1. The highest BCUT2D eigenvalue weighted by Gasteiger charge is 2.10. The summed E-state index contributed by atoms with van der Waals surface area (Å²) in [6.45, 7) is 6.47. The van der Waals surface area contributed by atoms with E-state index < -0.39 is 10.0 Å². The summed E-state index contributed by atoms with van der Waals surface area (Å²) in [6, 6.07) is 3.13. The van der Waals surface area contributed by atoms with E-state index in [2.05, 4.69) is 16.9 Å². The fourth-order valence-corrected chi connectivity index (χ4v) is 2.76. The van der Waals surface area contributed by atoms with Crippen molar-refractivity contribution in [2.75, 3.05) is 6.54 Å². The molecule has 0 aromatic carbocycles. The van der Waals surface area contributed by atoms with Crippen LogP contribution in [0.1, 0.15) is 11.8 Å². The summed E-state index contributed by atoms with van der Waals surface area (Å²) in [5, 5.41) is 7.89. The van der Waals surface area contributed by atoms with Crippen LogP contribution in [0.25, 0.3) is 0 Å². The smallest absolute Gasteiger partial charge is 0.247 e. The van der Waals surface area contributed by atoms with Gasteiger partial charge in [-0.25, -0.2) is 18.5 Å². The molecule has 0 saturated carbocycles. The molecule has 0 fully saturated rings. The average molecular weight is 288 g/mol. The van der Waals surface area contributed by atoms with Crippen molar-refractivity contribution in [2.24, 2.45) is 15.9 Å². The van der Waals surface area contributed by atoms with Crippen LogP contribution in [-0.2, 0) is 16.6 Å². The molecule has 1 aromatic rings. The maximum atomic E-state index is 11.1. The van der Waals surface area contributed by atoms with E-state index in [4.69, 9.17) is 10.9 Å². The third-order valence-electron chi connectivity index (χ3n) is 1.89. The Morgan fingerprint density at radius 3 is 2.72 bits per heavy atom. The molecular weight excluding hydrogens is 272 g/mol. The molecule has 1 heterocycles.